The van der Waals surface area contributed by atoms with E-state index in [1.54, 1.807) is 0 Å². The molecule has 0 aromatic heterocycles. The maximum atomic E-state index is 9.94. The molecular weight excluding hydrogens is 147 g/mol. The molecule has 0 saturated carbocycles. The third-order valence-corrected chi connectivity index (χ3v) is 0.650. The lowest BCUT2D eigenvalue weighted by Crippen LogP contribution is -2.16. The van der Waals surface area contributed by atoms with Gasteiger partial charge >= 0.3 is 0 Å². The molecule has 0 saturated heterocycles. The Morgan fingerprint density at radius 3 is 2.78 bits per heavy atom. The highest BCUT2D eigenvalue weighted by molar-refractivity contribution is 6.63. The first-order chi connectivity index (χ1) is 4.16. The standard InChI is InChI=1S/C4H7ClO4/c1-8-4(7)9-2-3(5)6/h4,7H,2H2,1H3. The van der Waals surface area contributed by atoms with E-state index in [4.69, 9.17) is 16.7 Å². The van der Waals surface area contributed by atoms with Gasteiger partial charge in [-0.2, -0.15) is 0 Å². The molecule has 0 fully saturated rings. The van der Waals surface area contributed by atoms with Crippen LogP contribution in [0.4, 0.5) is 0 Å². The first kappa shape index (κ1) is 8.84. The van der Waals surface area contributed by atoms with Gasteiger partial charge in [0, 0.05) is 7.11 Å². The van der Waals surface area contributed by atoms with Gasteiger partial charge in [0.2, 0.25) is 5.24 Å². The summed E-state index contributed by atoms with van der Waals surface area (Å²) in [4.78, 5) is 9.94. The number of hydrogen-bond donors (Lipinski definition) is 1. The number of carbonyl (C=O) groups is 1. The molecule has 0 radical (unpaired) electrons. The Balaban J connectivity index is 3.16. The van der Waals surface area contributed by atoms with Crippen LogP contribution in [0.15, 0.2) is 0 Å². The quantitative estimate of drug-likeness (QED) is 0.446. The summed E-state index contributed by atoms with van der Waals surface area (Å²) in [5.41, 5.74) is 0. The number of halogens is 1. The van der Waals surface area contributed by atoms with E-state index in [0.29, 0.717) is 0 Å². The predicted molar refractivity (Wildman–Crippen MR) is 29.8 cm³/mol. The summed E-state index contributed by atoms with van der Waals surface area (Å²) >= 11 is 4.85. The van der Waals surface area contributed by atoms with Crippen LogP contribution >= 0.6 is 11.6 Å². The van der Waals surface area contributed by atoms with Gasteiger partial charge in [0.15, 0.2) is 0 Å². The van der Waals surface area contributed by atoms with Gasteiger partial charge in [0.05, 0.1) is 0 Å². The fraction of sp³-hybridized carbons (Fsp3) is 0.750. The number of rotatable bonds is 4. The summed E-state index contributed by atoms with van der Waals surface area (Å²) in [5.74, 6) is 0. The molecule has 4 nitrogen and oxygen atoms in total. The molecule has 0 spiro atoms. The fourth-order valence-electron chi connectivity index (χ4n) is 0.205. The maximum Gasteiger partial charge on any atom is 0.269 e. The Morgan fingerprint density at radius 2 is 2.44 bits per heavy atom. The summed E-state index contributed by atoms with van der Waals surface area (Å²) in [6, 6.07) is 0. The van der Waals surface area contributed by atoms with Crippen molar-refractivity contribution in [3.63, 3.8) is 0 Å². The molecule has 0 bridgehead atoms. The second kappa shape index (κ2) is 4.69. The molecule has 0 aromatic carbocycles. The minimum atomic E-state index is -1.37. The molecule has 0 aliphatic rings. The van der Waals surface area contributed by atoms with Crippen molar-refractivity contribution in [2.75, 3.05) is 13.7 Å². The Morgan fingerprint density at radius 1 is 1.89 bits per heavy atom. The molecule has 0 aliphatic heterocycles. The van der Waals surface area contributed by atoms with Crippen molar-refractivity contribution < 1.29 is 19.4 Å². The monoisotopic (exact) mass is 154 g/mol. The van der Waals surface area contributed by atoms with E-state index < -0.39 is 11.7 Å². The highest BCUT2D eigenvalue weighted by atomic mass is 35.5. The average Bonchev–Trinajstić information content (AvgIpc) is 1.83. The van der Waals surface area contributed by atoms with Crippen LogP contribution in [0.5, 0.6) is 0 Å². The second-order valence-electron chi connectivity index (χ2n) is 1.21. The van der Waals surface area contributed by atoms with Gasteiger partial charge in [-0.15, -0.1) is 0 Å². The number of aliphatic hydroxyl groups excluding tert-OH is 1. The van der Waals surface area contributed by atoms with Crippen molar-refractivity contribution >= 4 is 16.8 Å². The number of hydrogen-bond acceptors (Lipinski definition) is 4. The number of aliphatic hydroxyl groups is 1. The summed E-state index contributed by atoms with van der Waals surface area (Å²) < 4.78 is 8.53. The first-order valence-corrected chi connectivity index (χ1v) is 2.55. The van der Waals surface area contributed by atoms with Gasteiger partial charge in [-0.05, 0) is 11.6 Å². The van der Waals surface area contributed by atoms with Crippen molar-refractivity contribution in [3.8, 4) is 0 Å². The molecule has 0 aliphatic carbocycles. The minimum absolute atomic E-state index is 0.351. The normalized spacial score (nSPS) is 13.2. The van der Waals surface area contributed by atoms with Gasteiger partial charge in [0.1, 0.15) is 6.61 Å². The number of ether oxygens (including phenoxy) is 2. The Hall–Kier alpha value is -0.160. The predicted octanol–water partition coefficient (Wildman–Crippen LogP) is -0.309. The molecular formula is C4H7ClO4. The topological polar surface area (TPSA) is 55.8 Å². The summed E-state index contributed by atoms with van der Waals surface area (Å²) in [6.45, 7) is -1.72. The van der Waals surface area contributed by atoms with Crippen LogP contribution in [0.25, 0.3) is 0 Å². The average molecular weight is 155 g/mol. The molecule has 9 heavy (non-hydrogen) atoms. The van der Waals surface area contributed by atoms with Gasteiger partial charge in [-0.25, -0.2) is 0 Å². The molecule has 1 atom stereocenters. The fourth-order valence-corrected chi connectivity index (χ4v) is 0.268. The van der Waals surface area contributed by atoms with Crippen molar-refractivity contribution in [1.29, 1.82) is 0 Å². The van der Waals surface area contributed by atoms with Crippen LogP contribution in [0.3, 0.4) is 0 Å². The molecule has 0 heterocycles. The largest absolute Gasteiger partial charge is 0.346 e. The molecule has 0 amide bonds. The third-order valence-electron chi connectivity index (χ3n) is 0.541. The lowest BCUT2D eigenvalue weighted by atomic mass is 10.8. The molecule has 1 N–H and O–H groups in total. The minimum Gasteiger partial charge on any atom is -0.346 e. The molecule has 54 valence electrons. The van der Waals surface area contributed by atoms with E-state index in [9.17, 15) is 4.79 Å². The third kappa shape index (κ3) is 5.72. The zero-order valence-corrected chi connectivity index (χ0v) is 5.59. The molecule has 0 aromatic rings. The van der Waals surface area contributed by atoms with Gasteiger partial charge in [-0.3, -0.25) is 4.79 Å². The number of methoxy groups -OCH3 is 1. The Bertz CT molecular complexity index is 94.6. The van der Waals surface area contributed by atoms with Crippen LogP contribution in [0.1, 0.15) is 0 Å². The van der Waals surface area contributed by atoms with E-state index in [0.717, 1.165) is 0 Å². The summed E-state index contributed by atoms with van der Waals surface area (Å²) in [7, 11) is 1.24. The van der Waals surface area contributed by atoms with E-state index >= 15 is 0 Å². The number of carbonyl (C=O) groups excluding carboxylic acids is 1. The van der Waals surface area contributed by atoms with Crippen molar-refractivity contribution in [2.45, 2.75) is 6.48 Å². The van der Waals surface area contributed by atoms with Gasteiger partial charge in [0.25, 0.3) is 6.48 Å². The van der Waals surface area contributed by atoms with E-state index in [1.165, 1.54) is 7.11 Å². The van der Waals surface area contributed by atoms with E-state index in [-0.39, 0.29) is 6.61 Å². The van der Waals surface area contributed by atoms with Crippen LogP contribution in [0, 0.1) is 0 Å². The van der Waals surface area contributed by atoms with Crippen LogP contribution in [0.2, 0.25) is 0 Å². The van der Waals surface area contributed by atoms with Crippen molar-refractivity contribution in [3.05, 3.63) is 0 Å². The lowest BCUT2D eigenvalue weighted by molar-refractivity contribution is -0.246. The maximum absolute atomic E-state index is 9.94. The SMILES string of the molecule is COC(O)OCC(=O)Cl. The highest BCUT2D eigenvalue weighted by Gasteiger charge is 2.02. The first-order valence-electron chi connectivity index (χ1n) is 2.17. The lowest BCUT2D eigenvalue weighted by Gasteiger charge is -2.05. The van der Waals surface area contributed by atoms with Gasteiger partial charge < -0.3 is 14.6 Å². The molecule has 0 rings (SSSR count). The van der Waals surface area contributed by atoms with Gasteiger partial charge in [-0.1, -0.05) is 0 Å². The smallest absolute Gasteiger partial charge is 0.269 e. The van der Waals surface area contributed by atoms with E-state index in [1.807, 2.05) is 0 Å². The highest BCUT2D eigenvalue weighted by Crippen LogP contribution is 1.88. The zero-order chi connectivity index (χ0) is 7.28. The molecule has 1 unspecified atom stereocenters. The van der Waals surface area contributed by atoms with E-state index in [2.05, 4.69) is 9.47 Å². The van der Waals surface area contributed by atoms with Crippen molar-refractivity contribution in [1.82, 2.24) is 0 Å². The second-order valence-corrected chi connectivity index (χ2v) is 1.63. The summed E-state index contributed by atoms with van der Waals surface area (Å²) in [6.07, 6.45) is 0. The van der Waals surface area contributed by atoms with Crippen LogP contribution in [-0.4, -0.2) is 30.5 Å². The Kier molecular flexibility index (Phi) is 4.61. The van der Waals surface area contributed by atoms with Crippen LogP contribution in [-0.2, 0) is 14.3 Å². The molecule has 5 heteroatoms. The van der Waals surface area contributed by atoms with Crippen LogP contribution < -0.4 is 0 Å². The van der Waals surface area contributed by atoms with Crippen molar-refractivity contribution in [2.24, 2.45) is 0 Å². The summed E-state index contributed by atoms with van der Waals surface area (Å²) in [5, 5.41) is 7.78. The zero-order valence-electron chi connectivity index (χ0n) is 4.83. The Labute approximate surface area is 57.3 Å².